The van der Waals surface area contributed by atoms with Crippen molar-refractivity contribution in [3.8, 4) is 0 Å². The first-order valence-corrected chi connectivity index (χ1v) is 10.3. The highest BCUT2D eigenvalue weighted by molar-refractivity contribution is 5.69. The summed E-state index contributed by atoms with van der Waals surface area (Å²) in [5, 5.41) is 8.67. The summed E-state index contributed by atoms with van der Waals surface area (Å²) >= 11 is 0. The van der Waals surface area contributed by atoms with Gasteiger partial charge in [0, 0.05) is 12.8 Å². The molecular weight excluding hydrogens is 336 g/mol. The van der Waals surface area contributed by atoms with Gasteiger partial charge in [0.05, 0.1) is 24.4 Å². The number of carbonyl (C=O) groups is 2. The van der Waals surface area contributed by atoms with Crippen LogP contribution in [0.15, 0.2) is 0 Å². The van der Waals surface area contributed by atoms with Crippen molar-refractivity contribution in [2.75, 3.05) is 0 Å². The van der Waals surface area contributed by atoms with Crippen LogP contribution < -0.4 is 0 Å². The number of ether oxygens (including phenoxy) is 3. The summed E-state index contributed by atoms with van der Waals surface area (Å²) in [6, 6.07) is 0. The van der Waals surface area contributed by atoms with Crippen molar-refractivity contribution in [2.24, 2.45) is 11.8 Å². The van der Waals surface area contributed by atoms with Gasteiger partial charge in [0.2, 0.25) is 0 Å². The third-order valence-corrected chi connectivity index (χ3v) is 6.56. The van der Waals surface area contributed by atoms with Crippen LogP contribution in [0.2, 0.25) is 0 Å². The molecule has 6 atom stereocenters. The second-order valence-corrected chi connectivity index (χ2v) is 8.48. The Morgan fingerprint density at radius 2 is 1.42 bits per heavy atom. The molecule has 6 heteroatoms. The number of rotatable bonds is 9. The second-order valence-electron chi connectivity index (χ2n) is 8.48. The first kappa shape index (κ1) is 18.2. The van der Waals surface area contributed by atoms with E-state index in [4.69, 9.17) is 19.3 Å². The minimum Gasteiger partial charge on any atom is -0.481 e. The fourth-order valence-corrected chi connectivity index (χ4v) is 4.98. The molecule has 0 amide bonds. The minimum atomic E-state index is -0.775. The van der Waals surface area contributed by atoms with Gasteiger partial charge in [-0.2, -0.15) is 0 Å². The summed E-state index contributed by atoms with van der Waals surface area (Å²) in [7, 11) is 0. The lowest BCUT2D eigenvalue weighted by Gasteiger charge is -2.35. The minimum absolute atomic E-state index is 0.00294. The topological polar surface area (TPSA) is 88.7 Å². The van der Waals surface area contributed by atoms with E-state index < -0.39 is 5.97 Å². The van der Waals surface area contributed by atoms with E-state index in [0.29, 0.717) is 55.5 Å². The molecule has 2 aliphatic carbocycles. The summed E-state index contributed by atoms with van der Waals surface area (Å²) in [6.45, 7) is 0. The van der Waals surface area contributed by atoms with Gasteiger partial charge in [0.25, 0.3) is 0 Å². The number of carboxylic acids is 1. The van der Waals surface area contributed by atoms with Gasteiger partial charge < -0.3 is 19.3 Å². The number of unbranched alkanes of at least 4 members (excludes halogenated alkanes) is 2. The first-order valence-electron chi connectivity index (χ1n) is 10.3. The number of epoxide rings is 2. The third kappa shape index (κ3) is 4.58. The maximum absolute atomic E-state index is 12.4. The Morgan fingerprint density at radius 1 is 0.846 bits per heavy atom. The molecule has 6 nitrogen and oxygen atoms in total. The second kappa shape index (κ2) is 7.85. The molecule has 1 N–H and O–H groups in total. The molecule has 4 rings (SSSR count). The Bertz CT molecular complexity index is 506. The number of carboxylic acid groups (broad SMARTS) is 1. The van der Waals surface area contributed by atoms with Crippen LogP contribution in [0.3, 0.4) is 0 Å². The van der Waals surface area contributed by atoms with Gasteiger partial charge in [-0.05, 0) is 63.2 Å². The molecular formula is C20H30O6. The molecule has 0 spiro atoms. The molecule has 2 heterocycles. The Labute approximate surface area is 154 Å². The monoisotopic (exact) mass is 366 g/mol. The number of esters is 1. The van der Waals surface area contributed by atoms with Gasteiger partial charge in [-0.25, -0.2) is 0 Å². The van der Waals surface area contributed by atoms with Crippen LogP contribution in [0.4, 0.5) is 0 Å². The van der Waals surface area contributed by atoms with Gasteiger partial charge in [-0.15, -0.1) is 0 Å². The highest BCUT2D eigenvalue weighted by Crippen LogP contribution is 2.47. The molecule has 0 aromatic heterocycles. The maximum Gasteiger partial charge on any atom is 0.306 e. The molecule has 0 aromatic carbocycles. The zero-order valence-electron chi connectivity index (χ0n) is 15.3. The highest BCUT2D eigenvalue weighted by Gasteiger charge is 2.51. The van der Waals surface area contributed by atoms with E-state index in [-0.39, 0.29) is 18.5 Å². The molecule has 4 aliphatic rings. The standard InChI is InChI=1S/C20H30O6/c21-18(22)4-2-1-3-5-19(23)26-20(12-6-8-14-16(10-12)24-14)13-7-9-15-17(11-13)25-15/h12-17,20H,1-11H2,(H,21,22). The summed E-state index contributed by atoms with van der Waals surface area (Å²) in [4.78, 5) is 23.0. The van der Waals surface area contributed by atoms with Crippen LogP contribution in [-0.4, -0.2) is 47.6 Å². The van der Waals surface area contributed by atoms with Crippen molar-refractivity contribution >= 4 is 11.9 Å². The quantitative estimate of drug-likeness (QED) is 0.383. The van der Waals surface area contributed by atoms with E-state index in [2.05, 4.69) is 0 Å². The van der Waals surface area contributed by atoms with Crippen LogP contribution in [0.25, 0.3) is 0 Å². The van der Waals surface area contributed by atoms with Gasteiger partial charge in [-0.3, -0.25) is 9.59 Å². The van der Waals surface area contributed by atoms with Crippen molar-refractivity contribution in [1.82, 2.24) is 0 Å². The number of fused-ring (bicyclic) bond motifs is 2. The molecule has 0 aromatic rings. The summed E-state index contributed by atoms with van der Waals surface area (Å²) in [5.41, 5.74) is 0. The maximum atomic E-state index is 12.4. The van der Waals surface area contributed by atoms with E-state index in [1.807, 2.05) is 0 Å². The molecule has 0 bridgehead atoms. The van der Waals surface area contributed by atoms with Crippen molar-refractivity contribution < 1.29 is 28.9 Å². The average Bonchev–Trinajstić information content (AvgIpc) is 3.51. The molecule has 26 heavy (non-hydrogen) atoms. The van der Waals surface area contributed by atoms with Gasteiger partial charge in [-0.1, -0.05) is 6.42 Å². The van der Waals surface area contributed by atoms with Crippen LogP contribution in [0.1, 0.15) is 70.6 Å². The fourth-order valence-electron chi connectivity index (χ4n) is 4.98. The van der Waals surface area contributed by atoms with E-state index >= 15 is 0 Å². The Kier molecular flexibility index (Phi) is 5.50. The average molecular weight is 366 g/mol. The normalized spacial score (nSPS) is 38.6. The zero-order valence-corrected chi connectivity index (χ0v) is 15.3. The van der Waals surface area contributed by atoms with Gasteiger partial charge in [0.15, 0.2) is 0 Å². The summed E-state index contributed by atoms with van der Waals surface area (Å²) in [5.74, 6) is -0.0727. The van der Waals surface area contributed by atoms with Crippen LogP contribution in [0, 0.1) is 11.8 Å². The number of hydrogen-bond acceptors (Lipinski definition) is 5. The number of hydrogen-bond donors (Lipinski definition) is 1. The zero-order chi connectivity index (χ0) is 18.1. The molecule has 2 saturated heterocycles. The van der Waals surface area contributed by atoms with Crippen LogP contribution in [0.5, 0.6) is 0 Å². The van der Waals surface area contributed by atoms with Crippen LogP contribution >= 0.6 is 0 Å². The lowest BCUT2D eigenvalue weighted by molar-refractivity contribution is -0.157. The molecule has 2 saturated carbocycles. The van der Waals surface area contributed by atoms with Gasteiger partial charge >= 0.3 is 11.9 Å². The van der Waals surface area contributed by atoms with Gasteiger partial charge in [0.1, 0.15) is 6.10 Å². The van der Waals surface area contributed by atoms with E-state index in [0.717, 1.165) is 44.9 Å². The largest absolute Gasteiger partial charge is 0.481 e. The molecule has 4 fully saturated rings. The summed E-state index contributed by atoms with van der Waals surface area (Å²) in [6.07, 6.45) is 10.7. The predicted molar refractivity (Wildman–Crippen MR) is 92.6 cm³/mol. The van der Waals surface area contributed by atoms with E-state index in [1.165, 1.54) is 0 Å². The van der Waals surface area contributed by atoms with Crippen molar-refractivity contribution in [1.29, 1.82) is 0 Å². The third-order valence-electron chi connectivity index (χ3n) is 6.56. The summed E-state index contributed by atoms with van der Waals surface area (Å²) < 4.78 is 17.4. The Morgan fingerprint density at radius 3 is 1.96 bits per heavy atom. The van der Waals surface area contributed by atoms with Crippen molar-refractivity contribution in [3.05, 3.63) is 0 Å². The molecule has 146 valence electrons. The van der Waals surface area contributed by atoms with Crippen molar-refractivity contribution in [3.63, 3.8) is 0 Å². The fraction of sp³-hybridized carbons (Fsp3) is 0.900. The first-order chi connectivity index (χ1) is 12.6. The van der Waals surface area contributed by atoms with Crippen molar-refractivity contribution in [2.45, 2.75) is 101 Å². The predicted octanol–water partition coefficient (Wildman–Crippen LogP) is 3.07. The number of carbonyl (C=O) groups excluding carboxylic acids is 1. The lowest BCUT2D eigenvalue weighted by atomic mass is 9.75. The molecule has 2 aliphatic heterocycles. The van der Waals surface area contributed by atoms with E-state index in [1.54, 1.807) is 0 Å². The molecule has 6 unspecified atom stereocenters. The lowest BCUT2D eigenvalue weighted by Crippen LogP contribution is -2.38. The smallest absolute Gasteiger partial charge is 0.306 e. The van der Waals surface area contributed by atoms with E-state index in [9.17, 15) is 9.59 Å². The van der Waals surface area contributed by atoms with Crippen LogP contribution in [-0.2, 0) is 23.8 Å². The Hall–Kier alpha value is -1.14. The SMILES string of the molecule is O=C(O)CCCCCC(=O)OC(C1CCC2OC2C1)C1CCC2OC2C1. The number of aliphatic carboxylic acids is 1. The highest BCUT2D eigenvalue weighted by atomic mass is 16.6. The molecule has 0 radical (unpaired) electrons. The Balaban J connectivity index is 1.27.